The SMILES string of the molecule is COC(=O)c1sc(=[Se])n(-c2ccccc2)c1SC. The van der Waals surface area contributed by atoms with E-state index in [9.17, 15) is 4.79 Å². The van der Waals surface area contributed by atoms with Crippen molar-refractivity contribution >= 4 is 44.6 Å². The summed E-state index contributed by atoms with van der Waals surface area (Å²) in [6.07, 6.45) is 1.95. The van der Waals surface area contributed by atoms with Crippen LogP contribution in [0.15, 0.2) is 35.4 Å². The number of hydrogen-bond donors (Lipinski definition) is 0. The summed E-state index contributed by atoms with van der Waals surface area (Å²) in [5.41, 5.74) is 1.03. The molecule has 0 N–H and O–H groups in total. The first-order chi connectivity index (χ1) is 8.69. The third-order valence-corrected chi connectivity index (χ3v) is 5.08. The van der Waals surface area contributed by atoms with Gasteiger partial charge in [-0.1, -0.05) is 0 Å². The Balaban J connectivity index is 2.65. The summed E-state index contributed by atoms with van der Waals surface area (Å²) in [4.78, 5) is 12.4. The number of thiazole rings is 1. The van der Waals surface area contributed by atoms with Gasteiger partial charge >= 0.3 is 122 Å². The van der Waals surface area contributed by atoms with Crippen LogP contribution in [0, 0.1) is 3.51 Å². The minimum atomic E-state index is -0.296. The molecular weight excluding hydrogens is 333 g/mol. The van der Waals surface area contributed by atoms with Crippen LogP contribution in [-0.4, -0.2) is 39.5 Å². The van der Waals surface area contributed by atoms with Gasteiger partial charge in [-0.15, -0.1) is 0 Å². The van der Waals surface area contributed by atoms with E-state index in [1.165, 1.54) is 30.2 Å². The summed E-state index contributed by atoms with van der Waals surface area (Å²) in [6, 6.07) is 9.93. The summed E-state index contributed by atoms with van der Waals surface area (Å²) >= 11 is 5.94. The molecule has 0 amide bonds. The van der Waals surface area contributed by atoms with Gasteiger partial charge in [-0.25, -0.2) is 0 Å². The first-order valence-corrected chi connectivity index (χ1v) is 8.02. The fourth-order valence-corrected chi connectivity index (χ4v) is 4.52. The van der Waals surface area contributed by atoms with E-state index in [4.69, 9.17) is 4.74 Å². The molecule has 0 fully saturated rings. The van der Waals surface area contributed by atoms with Crippen molar-refractivity contribution in [1.29, 1.82) is 0 Å². The van der Waals surface area contributed by atoms with Crippen molar-refractivity contribution in [3.05, 3.63) is 38.7 Å². The monoisotopic (exact) mass is 345 g/mol. The second-order valence-electron chi connectivity index (χ2n) is 3.37. The quantitative estimate of drug-likeness (QED) is 0.487. The Morgan fingerprint density at radius 3 is 2.61 bits per heavy atom. The number of carbonyl (C=O) groups excluding carboxylic acids is 1. The molecule has 0 radical (unpaired) electrons. The van der Waals surface area contributed by atoms with Crippen LogP contribution < -0.4 is 0 Å². The van der Waals surface area contributed by atoms with E-state index in [2.05, 4.69) is 15.6 Å². The fourth-order valence-electron chi connectivity index (χ4n) is 1.57. The summed E-state index contributed by atoms with van der Waals surface area (Å²) < 4.78 is 7.78. The zero-order valence-corrected chi connectivity index (χ0v) is 13.2. The number of benzene rings is 1. The number of ether oxygens (including phenoxy) is 1. The molecule has 1 aromatic carbocycles. The summed E-state index contributed by atoms with van der Waals surface area (Å²) in [6.45, 7) is 0. The van der Waals surface area contributed by atoms with E-state index in [1.54, 1.807) is 0 Å². The molecule has 0 aliphatic carbocycles. The van der Waals surface area contributed by atoms with Crippen molar-refractivity contribution in [1.82, 2.24) is 4.57 Å². The van der Waals surface area contributed by atoms with E-state index < -0.39 is 0 Å². The predicted octanol–water partition coefficient (Wildman–Crippen LogP) is 2.75. The molecule has 94 valence electrons. The van der Waals surface area contributed by atoms with Gasteiger partial charge in [0.05, 0.1) is 0 Å². The van der Waals surface area contributed by atoms with Crippen LogP contribution >= 0.6 is 23.1 Å². The number of nitrogens with zero attached hydrogens (tertiary/aromatic N) is 1. The van der Waals surface area contributed by atoms with Gasteiger partial charge in [0.25, 0.3) is 0 Å². The number of hydrogen-bond acceptors (Lipinski definition) is 4. The first-order valence-electron chi connectivity index (χ1n) is 5.12. The maximum absolute atomic E-state index is 11.7. The normalized spacial score (nSPS) is 10.3. The maximum atomic E-state index is 11.7. The average Bonchev–Trinajstić information content (AvgIpc) is 2.75. The van der Waals surface area contributed by atoms with Crippen molar-refractivity contribution in [3.63, 3.8) is 0 Å². The van der Waals surface area contributed by atoms with Gasteiger partial charge < -0.3 is 0 Å². The van der Waals surface area contributed by atoms with Crippen molar-refractivity contribution in [2.45, 2.75) is 5.03 Å². The third kappa shape index (κ3) is 2.47. The predicted molar refractivity (Wildman–Crippen MR) is 75.8 cm³/mol. The van der Waals surface area contributed by atoms with Gasteiger partial charge in [-0.05, 0) is 0 Å². The van der Waals surface area contributed by atoms with Crippen LogP contribution in [0.2, 0.25) is 0 Å². The second-order valence-corrected chi connectivity index (χ2v) is 6.56. The summed E-state index contributed by atoms with van der Waals surface area (Å²) in [5, 5.41) is 0.895. The molecule has 0 bridgehead atoms. The van der Waals surface area contributed by atoms with Crippen molar-refractivity contribution in [3.8, 4) is 5.69 Å². The van der Waals surface area contributed by atoms with Crippen LogP contribution in [0.1, 0.15) is 9.67 Å². The van der Waals surface area contributed by atoms with Gasteiger partial charge in [0, 0.05) is 0 Å². The minimum absolute atomic E-state index is 0.296. The molecule has 6 heteroatoms. The van der Waals surface area contributed by atoms with E-state index in [0.29, 0.717) is 4.88 Å². The Morgan fingerprint density at radius 1 is 1.39 bits per heavy atom. The average molecular weight is 344 g/mol. The Kier molecular flexibility index (Phi) is 4.45. The van der Waals surface area contributed by atoms with Crippen molar-refractivity contribution in [2.24, 2.45) is 0 Å². The van der Waals surface area contributed by atoms with Crippen molar-refractivity contribution in [2.75, 3.05) is 13.4 Å². The molecule has 0 aliphatic rings. The molecule has 0 atom stereocenters. The van der Waals surface area contributed by atoms with Crippen LogP contribution in [0.5, 0.6) is 0 Å². The number of para-hydroxylation sites is 1. The summed E-state index contributed by atoms with van der Waals surface area (Å²) in [5.74, 6) is -0.296. The molecule has 2 aromatic rings. The topological polar surface area (TPSA) is 31.2 Å². The van der Waals surface area contributed by atoms with E-state index in [1.807, 2.05) is 41.2 Å². The molecular formula is C12H11NO2S2Se. The number of thioether (sulfide) groups is 1. The van der Waals surface area contributed by atoms with Gasteiger partial charge in [0.2, 0.25) is 0 Å². The molecule has 0 spiro atoms. The van der Waals surface area contributed by atoms with Crippen molar-refractivity contribution < 1.29 is 9.53 Å². The number of rotatable bonds is 3. The Labute approximate surface area is 121 Å². The molecule has 0 saturated heterocycles. The van der Waals surface area contributed by atoms with E-state index in [0.717, 1.165) is 14.2 Å². The molecule has 3 nitrogen and oxygen atoms in total. The standard InChI is InChI=1S/C12H11NO2S2Se/c1-15-11(14)9-10(16-2)13(12(18)17-9)8-6-4-3-5-7-8/h3-7H,1-2H3. The summed E-state index contributed by atoms with van der Waals surface area (Å²) in [7, 11) is 1.40. The number of methoxy groups -OCH3 is 1. The molecule has 0 saturated carbocycles. The van der Waals surface area contributed by atoms with E-state index >= 15 is 0 Å². The zero-order valence-electron chi connectivity index (χ0n) is 9.88. The van der Waals surface area contributed by atoms with Crippen LogP contribution in [0.4, 0.5) is 0 Å². The van der Waals surface area contributed by atoms with Crippen LogP contribution in [0.25, 0.3) is 5.69 Å². The fraction of sp³-hybridized carbons (Fsp3) is 0.167. The van der Waals surface area contributed by atoms with Crippen LogP contribution in [-0.2, 0) is 4.74 Å². The Hall–Kier alpha value is -0.811. The van der Waals surface area contributed by atoms with Gasteiger partial charge in [-0.3, -0.25) is 0 Å². The first kappa shape index (κ1) is 13.6. The van der Waals surface area contributed by atoms with Gasteiger partial charge in [0.15, 0.2) is 0 Å². The number of esters is 1. The third-order valence-electron chi connectivity index (χ3n) is 2.35. The molecule has 0 unspecified atom stereocenters. The number of carbonyl (C=O) groups is 1. The zero-order chi connectivity index (χ0) is 13.1. The molecule has 18 heavy (non-hydrogen) atoms. The molecule has 1 aromatic heterocycles. The molecule has 2 rings (SSSR count). The van der Waals surface area contributed by atoms with E-state index in [-0.39, 0.29) is 5.97 Å². The number of aromatic nitrogens is 1. The molecule has 1 heterocycles. The second kappa shape index (κ2) is 5.89. The van der Waals surface area contributed by atoms with Gasteiger partial charge in [0.1, 0.15) is 0 Å². The Bertz CT molecular complexity index is 619. The van der Waals surface area contributed by atoms with Gasteiger partial charge in [-0.2, -0.15) is 0 Å². The Morgan fingerprint density at radius 2 is 2.06 bits per heavy atom. The molecule has 0 aliphatic heterocycles. The van der Waals surface area contributed by atoms with Crippen LogP contribution in [0.3, 0.4) is 0 Å².